The standard InChI is InChI=1S/C18H24N6O/c1-14-11-15(13-19-12-14)17(25)23-7-4-8-24(10-9-23)18-20-6-5-16(21-18)22(2)3/h5-6,11-13H,4,7-10H2,1-3H3. The van der Waals surface area contributed by atoms with Crippen molar-refractivity contribution in [1.82, 2.24) is 19.9 Å². The minimum absolute atomic E-state index is 0.0426. The van der Waals surface area contributed by atoms with Gasteiger partial charge in [0.25, 0.3) is 5.91 Å². The fourth-order valence-corrected chi connectivity index (χ4v) is 2.92. The van der Waals surface area contributed by atoms with Crippen LogP contribution in [0.5, 0.6) is 0 Å². The molecule has 0 spiro atoms. The van der Waals surface area contributed by atoms with Crippen LogP contribution in [0.25, 0.3) is 0 Å². The quantitative estimate of drug-likeness (QED) is 0.846. The van der Waals surface area contributed by atoms with Gasteiger partial charge in [0.2, 0.25) is 5.95 Å². The highest BCUT2D eigenvalue weighted by Gasteiger charge is 2.22. The number of amides is 1. The van der Waals surface area contributed by atoms with Gasteiger partial charge in [-0.1, -0.05) is 0 Å². The van der Waals surface area contributed by atoms with Crippen molar-refractivity contribution in [2.45, 2.75) is 13.3 Å². The van der Waals surface area contributed by atoms with Crippen LogP contribution in [0.3, 0.4) is 0 Å². The van der Waals surface area contributed by atoms with Gasteiger partial charge in [0.15, 0.2) is 0 Å². The molecule has 1 aliphatic heterocycles. The maximum atomic E-state index is 12.7. The zero-order valence-corrected chi connectivity index (χ0v) is 15.0. The van der Waals surface area contributed by atoms with Crippen LogP contribution in [-0.4, -0.2) is 66.0 Å². The van der Waals surface area contributed by atoms with Crippen molar-refractivity contribution >= 4 is 17.7 Å². The number of hydrogen-bond donors (Lipinski definition) is 0. The summed E-state index contributed by atoms with van der Waals surface area (Å²) in [6.07, 6.45) is 6.07. The Hall–Kier alpha value is -2.70. The summed E-state index contributed by atoms with van der Waals surface area (Å²) in [5.74, 6) is 1.65. The number of nitrogens with zero attached hydrogens (tertiary/aromatic N) is 6. The zero-order valence-electron chi connectivity index (χ0n) is 15.0. The lowest BCUT2D eigenvalue weighted by Gasteiger charge is -2.23. The molecule has 7 heteroatoms. The maximum Gasteiger partial charge on any atom is 0.255 e. The molecule has 132 valence electrons. The summed E-state index contributed by atoms with van der Waals surface area (Å²) in [5.41, 5.74) is 1.65. The first kappa shape index (κ1) is 17.1. The van der Waals surface area contributed by atoms with Crippen molar-refractivity contribution in [3.05, 3.63) is 41.9 Å². The molecule has 7 nitrogen and oxygen atoms in total. The van der Waals surface area contributed by atoms with E-state index in [1.165, 1.54) is 0 Å². The lowest BCUT2D eigenvalue weighted by Crippen LogP contribution is -2.35. The van der Waals surface area contributed by atoms with E-state index in [-0.39, 0.29) is 5.91 Å². The van der Waals surface area contributed by atoms with Crippen molar-refractivity contribution in [1.29, 1.82) is 0 Å². The number of aryl methyl sites for hydroxylation is 1. The van der Waals surface area contributed by atoms with Gasteiger partial charge in [0.05, 0.1) is 5.56 Å². The maximum absolute atomic E-state index is 12.7. The zero-order chi connectivity index (χ0) is 17.8. The SMILES string of the molecule is Cc1cncc(C(=O)N2CCCN(c3nccc(N(C)C)n3)CC2)c1. The summed E-state index contributed by atoms with van der Waals surface area (Å²) in [7, 11) is 3.93. The number of anilines is 2. The van der Waals surface area contributed by atoms with Crippen LogP contribution in [0.15, 0.2) is 30.7 Å². The predicted octanol–water partition coefficient (Wildman–Crippen LogP) is 1.60. The lowest BCUT2D eigenvalue weighted by atomic mass is 10.2. The van der Waals surface area contributed by atoms with Crippen LogP contribution in [-0.2, 0) is 0 Å². The van der Waals surface area contributed by atoms with Crippen molar-refractivity contribution in [3.8, 4) is 0 Å². The van der Waals surface area contributed by atoms with E-state index in [1.807, 2.05) is 43.0 Å². The third-order valence-corrected chi connectivity index (χ3v) is 4.27. The Morgan fingerprint density at radius 1 is 1.16 bits per heavy atom. The highest BCUT2D eigenvalue weighted by atomic mass is 16.2. The summed E-state index contributed by atoms with van der Waals surface area (Å²) >= 11 is 0. The van der Waals surface area contributed by atoms with Crippen LogP contribution >= 0.6 is 0 Å². The Morgan fingerprint density at radius 2 is 2.00 bits per heavy atom. The first-order chi connectivity index (χ1) is 12.0. The molecule has 0 bridgehead atoms. The fourth-order valence-electron chi connectivity index (χ4n) is 2.92. The number of hydrogen-bond acceptors (Lipinski definition) is 6. The normalized spacial score (nSPS) is 15.0. The largest absolute Gasteiger partial charge is 0.363 e. The molecular formula is C18H24N6O. The number of carbonyl (C=O) groups is 1. The van der Waals surface area contributed by atoms with E-state index >= 15 is 0 Å². The van der Waals surface area contributed by atoms with Gasteiger partial charge in [-0.15, -0.1) is 0 Å². The number of rotatable bonds is 3. The molecule has 0 aromatic carbocycles. The van der Waals surface area contributed by atoms with Crippen LogP contribution in [0.1, 0.15) is 22.3 Å². The van der Waals surface area contributed by atoms with E-state index in [1.54, 1.807) is 18.6 Å². The van der Waals surface area contributed by atoms with Crippen molar-refractivity contribution < 1.29 is 4.79 Å². The Kier molecular flexibility index (Phi) is 5.11. The van der Waals surface area contributed by atoms with Crippen LogP contribution in [0, 0.1) is 6.92 Å². The van der Waals surface area contributed by atoms with Crippen LogP contribution in [0.2, 0.25) is 0 Å². The van der Waals surface area contributed by atoms with Gasteiger partial charge in [0, 0.05) is 58.9 Å². The first-order valence-electron chi connectivity index (χ1n) is 8.51. The first-order valence-corrected chi connectivity index (χ1v) is 8.51. The second-order valence-corrected chi connectivity index (χ2v) is 6.49. The van der Waals surface area contributed by atoms with E-state index in [4.69, 9.17) is 0 Å². The molecule has 3 heterocycles. The van der Waals surface area contributed by atoms with Gasteiger partial charge in [-0.05, 0) is 31.0 Å². The van der Waals surface area contributed by atoms with Crippen molar-refractivity contribution in [2.24, 2.45) is 0 Å². The average molecular weight is 340 g/mol. The molecule has 1 amide bonds. The van der Waals surface area contributed by atoms with E-state index in [2.05, 4.69) is 19.9 Å². The van der Waals surface area contributed by atoms with Gasteiger partial charge < -0.3 is 14.7 Å². The molecule has 0 aliphatic carbocycles. The molecule has 1 aliphatic rings. The summed E-state index contributed by atoms with van der Waals surface area (Å²) in [4.78, 5) is 31.9. The number of pyridine rings is 1. The van der Waals surface area contributed by atoms with Gasteiger partial charge in [0.1, 0.15) is 5.82 Å². The average Bonchev–Trinajstić information content (AvgIpc) is 2.87. The second kappa shape index (κ2) is 7.46. The Balaban J connectivity index is 1.70. The van der Waals surface area contributed by atoms with Crippen LogP contribution < -0.4 is 9.80 Å². The molecule has 1 saturated heterocycles. The van der Waals surface area contributed by atoms with E-state index in [9.17, 15) is 4.79 Å². The molecule has 0 saturated carbocycles. The third-order valence-electron chi connectivity index (χ3n) is 4.27. The van der Waals surface area contributed by atoms with E-state index in [0.29, 0.717) is 12.1 Å². The van der Waals surface area contributed by atoms with Crippen molar-refractivity contribution in [2.75, 3.05) is 50.1 Å². The Bertz CT molecular complexity index is 748. The van der Waals surface area contributed by atoms with E-state index < -0.39 is 0 Å². The molecule has 0 N–H and O–H groups in total. The monoisotopic (exact) mass is 340 g/mol. The van der Waals surface area contributed by atoms with E-state index in [0.717, 1.165) is 43.4 Å². The minimum atomic E-state index is 0.0426. The molecular weight excluding hydrogens is 316 g/mol. The molecule has 25 heavy (non-hydrogen) atoms. The summed E-state index contributed by atoms with van der Waals surface area (Å²) < 4.78 is 0. The third kappa shape index (κ3) is 4.04. The fraction of sp³-hybridized carbons (Fsp3) is 0.444. The predicted molar refractivity (Wildman–Crippen MR) is 98.1 cm³/mol. The molecule has 2 aromatic heterocycles. The molecule has 1 fully saturated rings. The lowest BCUT2D eigenvalue weighted by molar-refractivity contribution is 0.0766. The number of aromatic nitrogens is 3. The molecule has 3 rings (SSSR count). The molecule has 0 atom stereocenters. The molecule has 0 radical (unpaired) electrons. The molecule has 2 aromatic rings. The van der Waals surface area contributed by atoms with Gasteiger partial charge >= 0.3 is 0 Å². The van der Waals surface area contributed by atoms with Crippen LogP contribution in [0.4, 0.5) is 11.8 Å². The smallest absolute Gasteiger partial charge is 0.255 e. The number of carbonyl (C=O) groups excluding carboxylic acids is 1. The summed E-state index contributed by atoms with van der Waals surface area (Å²) in [5, 5.41) is 0. The Labute approximate surface area is 148 Å². The highest BCUT2D eigenvalue weighted by molar-refractivity contribution is 5.94. The highest BCUT2D eigenvalue weighted by Crippen LogP contribution is 2.16. The summed E-state index contributed by atoms with van der Waals surface area (Å²) in [6.45, 7) is 4.90. The van der Waals surface area contributed by atoms with Crippen molar-refractivity contribution in [3.63, 3.8) is 0 Å². The summed E-state index contributed by atoms with van der Waals surface area (Å²) in [6, 6.07) is 3.78. The topological polar surface area (TPSA) is 65.5 Å². The second-order valence-electron chi connectivity index (χ2n) is 6.49. The van der Waals surface area contributed by atoms with Gasteiger partial charge in [-0.2, -0.15) is 4.98 Å². The Morgan fingerprint density at radius 3 is 2.76 bits per heavy atom. The minimum Gasteiger partial charge on any atom is -0.363 e. The van der Waals surface area contributed by atoms with Gasteiger partial charge in [-0.25, -0.2) is 4.98 Å². The molecule has 0 unspecified atom stereocenters. The van der Waals surface area contributed by atoms with Gasteiger partial charge in [-0.3, -0.25) is 9.78 Å².